The van der Waals surface area contributed by atoms with Gasteiger partial charge in [0.25, 0.3) is 0 Å². The van der Waals surface area contributed by atoms with Gasteiger partial charge in [0.15, 0.2) is 0 Å². The average molecular weight is 306 g/mol. The van der Waals surface area contributed by atoms with E-state index in [9.17, 15) is 4.79 Å². The first-order chi connectivity index (χ1) is 11.2. The first-order valence-corrected chi connectivity index (χ1v) is 8.06. The molecule has 0 aromatic heterocycles. The number of carbonyl (C=O) groups is 1. The molecule has 3 heteroatoms. The highest BCUT2D eigenvalue weighted by atomic mass is 16.7. The van der Waals surface area contributed by atoms with Crippen LogP contribution in [0.25, 0.3) is 11.6 Å². The van der Waals surface area contributed by atoms with E-state index >= 15 is 0 Å². The van der Waals surface area contributed by atoms with Gasteiger partial charge in [-0.25, -0.2) is 0 Å². The maximum absolute atomic E-state index is 12.3. The number of unbranched alkanes of at least 4 members (excludes halogenated alkanes) is 1. The first-order valence-electron chi connectivity index (χ1n) is 8.06. The fourth-order valence-electron chi connectivity index (χ4n) is 3.28. The van der Waals surface area contributed by atoms with Gasteiger partial charge in [-0.05, 0) is 24.1 Å². The minimum atomic E-state index is -1.12. The molecule has 4 rings (SSSR count). The second kappa shape index (κ2) is 5.27. The number of ether oxygens (including phenoxy) is 2. The fraction of sp³-hybridized carbons (Fsp3) is 0.250. The minimum absolute atomic E-state index is 0.220. The van der Waals surface area contributed by atoms with Crippen LogP contribution in [0.5, 0.6) is 5.75 Å². The van der Waals surface area contributed by atoms with Gasteiger partial charge >= 0.3 is 11.8 Å². The summed E-state index contributed by atoms with van der Waals surface area (Å²) in [7, 11) is 0. The molecule has 1 aliphatic carbocycles. The Labute approximate surface area is 135 Å². The Bertz CT molecular complexity index is 806. The van der Waals surface area contributed by atoms with Crippen LogP contribution in [0.2, 0.25) is 0 Å². The highest BCUT2D eigenvalue weighted by Gasteiger charge is 2.53. The lowest BCUT2D eigenvalue weighted by atomic mass is 9.99. The molecule has 0 amide bonds. The van der Waals surface area contributed by atoms with E-state index in [-0.39, 0.29) is 5.97 Å². The summed E-state index contributed by atoms with van der Waals surface area (Å²) < 4.78 is 12.1. The van der Waals surface area contributed by atoms with Crippen molar-refractivity contribution in [3.8, 4) is 5.75 Å². The quantitative estimate of drug-likeness (QED) is 0.779. The highest BCUT2D eigenvalue weighted by Crippen LogP contribution is 2.55. The topological polar surface area (TPSA) is 35.5 Å². The third-order valence-corrected chi connectivity index (χ3v) is 4.39. The predicted octanol–water partition coefficient (Wildman–Crippen LogP) is 4.52. The van der Waals surface area contributed by atoms with Crippen LogP contribution in [0.4, 0.5) is 0 Å². The summed E-state index contributed by atoms with van der Waals surface area (Å²) in [5.41, 5.74) is 3.85. The Balaban J connectivity index is 1.79. The number of carbonyl (C=O) groups excluding carboxylic acids is 1. The van der Waals surface area contributed by atoms with Crippen LogP contribution >= 0.6 is 0 Å². The molecular weight excluding hydrogens is 288 g/mol. The van der Waals surface area contributed by atoms with E-state index < -0.39 is 5.79 Å². The van der Waals surface area contributed by atoms with Crippen LogP contribution in [0.1, 0.15) is 42.9 Å². The van der Waals surface area contributed by atoms with Crippen molar-refractivity contribution in [2.75, 3.05) is 0 Å². The molecule has 1 atom stereocenters. The molecule has 0 N–H and O–H groups in total. The molecule has 0 bridgehead atoms. The maximum Gasteiger partial charge on any atom is 0.309 e. The van der Waals surface area contributed by atoms with Crippen LogP contribution in [-0.4, -0.2) is 5.97 Å². The second-order valence-corrected chi connectivity index (χ2v) is 5.94. The SMILES string of the molecule is CCCCC(=O)OC12Oc3ccccc3C1=Cc1ccccc12. The molecule has 23 heavy (non-hydrogen) atoms. The van der Waals surface area contributed by atoms with Gasteiger partial charge in [0.05, 0.1) is 5.57 Å². The summed E-state index contributed by atoms with van der Waals surface area (Å²) in [5.74, 6) is -0.579. The Kier molecular flexibility index (Phi) is 3.22. The maximum atomic E-state index is 12.3. The molecule has 0 fully saturated rings. The normalized spacial score (nSPS) is 20.1. The van der Waals surface area contributed by atoms with Crippen LogP contribution in [-0.2, 0) is 15.3 Å². The summed E-state index contributed by atoms with van der Waals surface area (Å²) in [6, 6.07) is 15.7. The monoisotopic (exact) mass is 306 g/mol. The molecule has 3 nitrogen and oxygen atoms in total. The van der Waals surface area contributed by atoms with Gasteiger partial charge in [0.2, 0.25) is 0 Å². The largest absolute Gasteiger partial charge is 0.443 e. The van der Waals surface area contributed by atoms with Crippen molar-refractivity contribution in [3.63, 3.8) is 0 Å². The molecule has 0 saturated carbocycles. The third-order valence-electron chi connectivity index (χ3n) is 4.39. The molecule has 0 spiro atoms. The Morgan fingerprint density at radius 3 is 2.78 bits per heavy atom. The van der Waals surface area contributed by atoms with Gasteiger partial charge in [0, 0.05) is 17.5 Å². The number of benzene rings is 2. The molecule has 2 aliphatic rings. The summed E-state index contributed by atoms with van der Waals surface area (Å²) >= 11 is 0. The molecule has 0 saturated heterocycles. The lowest BCUT2D eigenvalue weighted by molar-refractivity contribution is -0.179. The number of esters is 1. The lowest BCUT2D eigenvalue weighted by Crippen LogP contribution is -2.34. The van der Waals surface area contributed by atoms with Crippen molar-refractivity contribution in [1.29, 1.82) is 0 Å². The summed E-state index contributed by atoms with van der Waals surface area (Å²) in [6.07, 6.45) is 4.26. The van der Waals surface area contributed by atoms with Crippen molar-refractivity contribution in [2.45, 2.75) is 32.0 Å². The number of para-hydroxylation sites is 1. The first kappa shape index (κ1) is 14.1. The van der Waals surface area contributed by atoms with Gasteiger partial charge in [-0.15, -0.1) is 0 Å². The fourth-order valence-corrected chi connectivity index (χ4v) is 3.28. The lowest BCUT2D eigenvalue weighted by Gasteiger charge is -2.28. The van der Waals surface area contributed by atoms with Gasteiger partial charge < -0.3 is 9.47 Å². The van der Waals surface area contributed by atoms with E-state index in [0.29, 0.717) is 6.42 Å². The zero-order chi connectivity index (χ0) is 15.9. The van der Waals surface area contributed by atoms with E-state index in [0.717, 1.165) is 40.9 Å². The van der Waals surface area contributed by atoms with Crippen LogP contribution in [0.3, 0.4) is 0 Å². The molecule has 116 valence electrons. The van der Waals surface area contributed by atoms with E-state index in [1.54, 1.807) is 0 Å². The third kappa shape index (κ3) is 2.07. The molecule has 1 heterocycles. The van der Waals surface area contributed by atoms with Crippen LogP contribution in [0.15, 0.2) is 48.5 Å². The highest BCUT2D eigenvalue weighted by molar-refractivity contribution is 5.97. The van der Waals surface area contributed by atoms with Crippen molar-refractivity contribution < 1.29 is 14.3 Å². The zero-order valence-corrected chi connectivity index (χ0v) is 13.0. The number of hydrogen-bond acceptors (Lipinski definition) is 3. The summed E-state index contributed by atoms with van der Waals surface area (Å²) in [4.78, 5) is 12.3. The van der Waals surface area contributed by atoms with E-state index in [4.69, 9.17) is 9.47 Å². The van der Waals surface area contributed by atoms with Crippen molar-refractivity contribution in [1.82, 2.24) is 0 Å². The van der Waals surface area contributed by atoms with Crippen LogP contribution < -0.4 is 4.74 Å². The smallest absolute Gasteiger partial charge is 0.309 e. The van der Waals surface area contributed by atoms with Gasteiger partial charge in [-0.2, -0.15) is 0 Å². The van der Waals surface area contributed by atoms with Crippen molar-refractivity contribution in [3.05, 3.63) is 65.2 Å². The van der Waals surface area contributed by atoms with E-state index in [1.165, 1.54) is 0 Å². The number of hydrogen-bond donors (Lipinski definition) is 0. The molecule has 1 aliphatic heterocycles. The Hall–Kier alpha value is -2.55. The van der Waals surface area contributed by atoms with E-state index in [2.05, 4.69) is 13.0 Å². The molecule has 2 aromatic rings. The standard InChI is InChI=1S/C20H18O3/c1-2-3-12-19(21)23-20-16-10-6-4-8-14(16)13-17(20)15-9-5-7-11-18(15)22-20/h4-11,13H,2-3,12H2,1H3. The molecule has 0 radical (unpaired) electrons. The average Bonchev–Trinajstić information content (AvgIpc) is 3.03. The summed E-state index contributed by atoms with van der Waals surface area (Å²) in [5, 5.41) is 0. The predicted molar refractivity (Wildman–Crippen MR) is 88.7 cm³/mol. The van der Waals surface area contributed by atoms with Crippen molar-refractivity contribution >= 4 is 17.6 Å². The van der Waals surface area contributed by atoms with E-state index in [1.807, 2.05) is 48.5 Å². The number of rotatable bonds is 4. The van der Waals surface area contributed by atoms with Gasteiger partial charge in [0.1, 0.15) is 5.75 Å². The molecule has 2 aromatic carbocycles. The zero-order valence-electron chi connectivity index (χ0n) is 13.0. The van der Waals surface area contributed by atoms with Gasteiger partial charge in [-0.3, -0.25) is 4.79 Å². The van der Waals surface area contributed by atoms with Crippen molar-refractivity contribution in [2.24, 2.45) is 0 Å². The van der Waals surface area contributed by atoms with Crippen LogP contribution in [0, 0.1) is 0 Å². The summed E-state index contributed by atoms with van der Waals surface area (Å²) in [6.45, 7) is 2.06. The molecular formula is C20H18O3. The van der Waals surface area contributed by atoms with Gasteiger partial charge in [-0.1, -0.05) is 55.8 Å². The second-order valence-electron chi connectivity index (χ2n) is 5.94. The minimum Gasteiger partial charge on any atom is -0.443 e. The molecule has 1 unspecified atom stereocenters. The Morgan fingerprint density at radius 1 is 1.13 bits per heavy atom. The number of fused-ring (bicyclic) bond motifs is 5. The Morgan fingerprint density at radius 2 is 1.91 bits per heavy atom.